The first-order chi connectivity index (χ1) is 8.70. The number of aliphatic hydroxyl groups excluding tert-OH is 1. The summed E-state index contributed by atoms with van der Waals surface area (Å²) in [5.74, 6) is -0.159. The minimum atomic E-state index is -2.90. The maximum atomic E-state index is 12.1. The van der Waals surface area contributed by atoms with Gasteiger partial charge >= 0.3 is 6.61 Å². The van der Waals surface area contributed by atoms with Gasteiger partial charge in [0, 0.05) is 12.1 Å². The summed E-state index contributed by atoms with van der Waals surface area (Å²) in [6, 6.07) is 3.24. The average Bonchev–Trinajstić information content (AvgIpc) is 2.39. The highest BCUT2D eigenvalue weighted by molar-refractivity contribution is 5.28. The third-order valence-corrected chi connectivity index (χ3v) is 3.03. The van der Waals surface area contributed by atoms with Crippen molar-refractivity contribution in [3.05, 3.63) is 23.4 Å². The molecule has 0 aliphatic carbocycles. The van der Waals surface area contributed by atoms with Crippen LogP contribution < -0.4 is 10.1 Å². The van der Waals surface area contributed by atoms with Gasteiger partial charge in [0.05, 0.1) is 12.3 Å². The van der Waals surface area contributed by atoms with Crippen LogP contribution in [0.2, 0.25) is 0 Å². The Bertz CT molecular complexity index is 396. The number of nitrogens with one attached hydrogen (secondary N) is 1. The van der Waals surface area contributed by atoms with E-state index in [4.69, 9.17) is 0 Å². The summed E-state index contributed by atoms with van der Waals surface area (Å²) in [4.78, 5) is 3.91. The molecular formula is C12H16F2N2O2. The minimum Gasteiger partial charge on any atom is -0.417 e. The zero-order chi connectivity index (χ0) is 13.0. The summed E-state index contributed by atoms with van der Waals surface area (Å²) in [7, 11) is 0. The second-order valence-electron chi connectivity index (χ2n) is 4.22. The van der Waals surface area contributed by atoms with Gasteiger partial charge in [0.25, 0.3) is 0 Å². The van der Waals surface area contributed by atoms with E-state index in [0.717, 1.165) is 31.4 Å². The summed E-state index contributed by atoms with van der Waals surface area (Å²) in [5.41, 5.74) is 1.26. The molecule has 0 bridgehead atoms. The number of pyridine rings is 1. The van der Waals surface area contributed by atoms with Gasteiger partial charge in [-0.05, 0) is 24.9 Å². The molecule has 2 N–H and O–H groups in total. The molecule has 1 atom stereocenters. The Morgan fingerprint density at radius 1 is 1.44 bits per heavy atom. The number of aliphatic hydroxyl groups is 1. The zero-order valence-electron chi connectivity index (χ0n) is 9.90. The van der Waals surface area contributed by atoms with Gasteiger partial charge in [0.2, 0.25) is 5.88 Å². The monoisotopic (exact) mass is 258 g/mol. The van der Waals surface area contributed by atoms with Crippen molar-refractivity contribution < 1.29 is 18.6 Å². The van der Waals surface area contributed by atoms with Crippen molar-refractivity contribution in [1.82, 2.24) is 10.3 Å². The molecule has 0 unspecified atom stereocenters. The van der Waals surface area contributed by atoms with Crippen LogP contribution >= 0.6 is 0 Å². The number of nitrogens with zero attached hydrogens (tertiary/aromatic N) is 1. The highest BCUT2D eigenvalue weighted by Gasteiger charge is 2.19. The van der Waals surface area contributed by atoms with Crippen LogP contribution in [0.4, 0.5) is 8.78 Å². The predicted octanol–water partition coefficient (Wildman–Crippen LogP) is 1.99. The van der Waals surface area contributed by atoms with Crippen LogP contribution in [0, 0.1) is 0 Å². The normalized spacial score (nSPS) is 20.1. The largest absolute Gasteiger partial charge is 0.417 e. The van der Waals surface area contributed by atoms with E-state index in [0.29, 0.717) is 5.69 Å². The fourth-order valence-electron chi connectivity index (χ4n) is 2.21. The zero-order valence-corrected chi connectivity index (χ0v) is 9.90. The molecule has 0 radical (unpaired) electrons. The third-order valence-electron chi connectivity index (χ3n) is 3.03. The maximum absolute atomic E-state index is 12.1. The van der Waals surface area contributed by atoms with Crippen LogP contribution in [0.5, 0.6) is 5.88 Å². The summed E-state index contributed by atoms with van der Waals surface area (Å²) in [6.07, 6.45) is 3.20. The number of piperidine rings is 1. The van der Waals surface area contributed by atoms with Crippen molar-refractivity contribution in [3.63, 3.8) is 0 Å². The summed E-state index contributed by atoms with van der Waals surface area (Å²) in [6.45, 7) is -2.26. The van der Waals surface area contributed by atoms with E-state index < -0.39 is 6.61 Å². The minimum absolute atomic E-state index is 0.133. The molecule has 0 amide bonds. The van der Waals surface area contributed by atoms with Gasteiger partial charge in [-0.1, -0.05) is 12.5 Å². The van der Waals surface area contributed by atoms with Crippen molar-refractivity contribution in [1.29, 1.82) is 0 Å². The van der Waals surface area contributed by atoms with E-state index in [2.05, 4.69) is 15.0 Å². The highest BCUT2D eigenvalue weighted by atomic mass is 19.3. The Balaban J connectivity index is 2.19. The van der Waals surface area contributed by atoms with Crippen molar-refractivity contribution in [2.45, 2.75) is 38.5 Å². The molecule has 1 aliphatic heterocycles. The fourth-order valence-corrected chi connectivity index (χ4v) is 2.21. The number of hydrogen-bond acceptors (Lipinski definition) is 4. The molecule has 2 heterocycles. The first kappa shape index (κ1) is 13.2. The molecule has 2 rings (SSSR count). The lowest BCUT2D eigenvalue weighted by Gasteiger charge is -2.25. The van der Waals surface area contributed by atoms with Gasteiger partial charge in [-0.15, -0.1) is 0 Å². The van der Waals surface area contributed by atoms with E-state index in [1.807, 2.05) is 0 Å². The highest BCUT2D eigenvalue weighted by Crippen LogP contribution is 2.27. The second-order valence-corrected chi connectivity index (χ2v) is 4.22. The number of hydrogen-bond donors (Lipinski definition) is 2. The summed E-state index contributed by atoms with van der Waals surface area (Å²) in [5, 5.41) is 12.6. The molecule has 1 aromatic rings. The number of aromatic nitrogens is 1. The van der Waals surface area contributed by atoms with E-state index in [-0.39, 0.29) is 18.5 Å². The Morgan fingerprint density at radius 2 is 2.28 bits per heavy atom. The van der Waals surface area contributed by atoms with Crippen LogP contribution in [0.3, 0.4) is 0 Å². The second kappa shape index (κ2) is 6.06. The smallest absolute Gasteiger partial charge is 0.388 e. The predicted molar refractivity (Wildman–Crippen MR) is 61.4 cm³/mol. The first-order valence-corrected chi connectivity index (χ1v) is 5.99. The molecule has 1 saturated heterocycles. The lowest BCUT2D eigenvalue weighted by molar-refractivity contribution is -0.0530. The molecule has 18 heavy (non-hydrogen) atoms. The molecule has 0 saturated carbocycles. The lowest BCUT2D eigenvalue weighted by Crippen LogP contribution is -2.28. The standard InChI is InChI=1S/C12H16F2N2O2/c13-12(14)18-11-5-4-8(10(7-17)16-11)9-3-1-2-6-15-9/h4-5,9,12,15,17H,1-3,6-7H2/t9-/m1/s1. The van der Waals surface area contributed by atoms with Crippen molar-refractivity contribution in [2.24, 2.45) is 0 Å². The fraction of sp³-hybridized carbons (Fsp3) is 0.583. The average molecular weight is 258 g/mol. The SMILES string of the molecule is OCc1nc(OC(F)F)ccc1[C@H]1CCCCN1. The van der Waals surface area contributed by atoms with Gasteiger partial charge < -0.3 is 15.2 Å². The summed E-state index contributed by atoms with van der Waals surface area (Å²) < 4.78 is 28.4. The third kappa shape index (κ3) is 3.14. The van der Waals surface area contributed by atoms with Gasteiger partial charge in [-0.3, -0.25) is 0 Å². The summed E-state index contributed by atoms with van der Waals surface area (Å²) >= 11 is 0. The van der Waals surface area contributed by atoms with Crippen LogP contribution in [0.1, 0.15) is 36.6 Å². The molecule has 6 heteroatoms. The van der Waals surface area contributed by atoms with Gasteiger partial charge in [0.15, 0.2) is 0 Å². The quantitative estimate of drug-likeness (QED) is 0.867. The maximum Gasteiger partial charge on any atom is 0.388 e. The molecule has 100 valence electrons. The molecule has 4 nitrogen and oxygen atoms in total. The Labute approximate surface area is 104 Å². The van der Waals surface area contributed by atoms with Gasteiger partial charge in [-0.2, -0.15) is 8.78 Å². The molecule has 0 aromatic carbocycles. The topological polar surface area (TPSA) is 54.4 Å². The first-order valence-electron chi connectivity index (χ1n) is 5.99. The van der Waals surface area contributed by atoms with E-state index in [1.54, 1.807) is 6.07 Å². The van der Waals surface area contributed by atoms with Crippen LogP contribution in [-0.4, -0.2) is 23.2 Å². The van der Waals surface area contributed by atoms with E-state index in [1.165, 1.54) is 6.07 Å². The van der Waals surface area contributed by atoms with Crippen molar-refractivity contribution in [3.8, 4) is 5.88 Å². The molecule has 1 aromatic heterocycles. The number of halogens is 2. The number of alkyl halides is 2. The number of ether oxygens (including phenoxy) is 1. The van der Waals surface area contributed by atoms with E-state index in [9.17, 15) is 13.9 Å². The number of rotatable bonds is 4. The Kier molecular flexibility index (Phi) is 4.43. The molecule has 0 spiro atoms. The van der Waals surface area contributed by atoms with Gasteiger partial charge in [0.1, 0.15) is 0 Å². The molecular weight excluding hydrogens is 242 g/mol. The van der Waals surface area contributed by atoms with E-state index >= 15 is 0 Å². The Hall–Kier alpha value is -1.27. The lowest BCUT2D eigenvalue weighted by atomic mass is 9.96. The van der Waals surface area contributed by atoms with Gasteiger partial charge in [-0.25, -0.2) is 4.98 Å². The van der Waals surface area contributed by atoms with Crippen LogP contribution in [0.25, 0.3) is 0 Å². The van der Waals surface area contributed by atoms with Crippen molar-refractivity contribution >= 4 is 0 Å². The molecule has 1 aliphatic rings. The van der Waals surface area contributed by atoms with Crippen LogP contribution in [0.15, 0.2) is 12.1 Å². The van der Waals surface area contributed by atoms with Crippen LogP contribution in [-0.2, 0) is 6.61 Å². The Morgan fingerprint density at radius 3 is 2.89 bits per heavy atom. The van der Waals surface area contributed by atoms with Crippen molar-refractivity contribution in [2.75, 3.05) is 6.54 Å². The molecule has 1 fully saturated rings.